The van der Waals surface area contributed by atoms with Crippen molar-refractivity contribution in [2.45, 2.75) is 38.4 Å². The number of carbonyl (C=O) groups is 2. The van der Waals surface area contributed by atoms with Crippen LogP contribution in [0.1, 0.15) is 31.9 Å². The van der Waals surface area contributed by atoms with E-state index in [-0.39, 0.29) is 29.8 Å². The normalized spacial score (nSPS) is 17.7. The minimum absolute atomic E-state index is 0.0366. The third-order valence-corrected chi connectivity index (χ3v) is 5.08. The molecule has 162 valence electrons. The van der Waals surface area contributed by atoms with E-state index in [1.54, 1.807) is 6.07 Å². The number of carbonyl (C=O) groups excluding carboxylic acids is 2. The van der Waals surface area contributed by atoms with Crippen LogP contribution < -0.4 is 10.2 Å². The highest BCUT2D eigenvalue weighted by Crippen LogP contribution is 2.27. The number of rotatable bonds is 4. The SMILES string of the molecule is CC(C)(C)c1ccc(N2CCO[C@H]([C@@H](O)C(=O)Nc3ccc(C#N)cc3F)C2=O)cc1. The van der Waals surface area contributed by atoms with Crippen LogP contribution in [-0.4, -0.2) is 42.3 Å². The number of amides is 2. The third kappa shape index (κ3) is 4.90. The molecule has 2 amide bonds. The number of benzene rings is 2. The van der Waals surface area contributed by atoms with Crippen molar-refractivity contribution in [1.82, 2.24) is 0 Å². The van der Waals surface area contributed by atoms with Crippen LogP contribution >= 0.6 is 0 Å². The number of hydrogen-bond donors (Lipinski definition) is 2. The molecule has 1 fully saturated rings. The number of anilines is 2. The summed E-state index contributed by atoms with van der Waals surface area (Å²) in [6, 6.07) is 12.8. The summed E-state index contributed by atoms with van der Waals surface area (Å²) in [6.45, 7) is 6.67. The monoisotopic (exact) mass is 425 g/mol. The standard InChI is InChI=1S/C23H24FN3O4/c1-23(2,3)15-5-7-16(8-6-15)27-10-11-31-20(22(27)30)19(28)21(29)26-18-9-4-14(13-25)12-17(18)24/h4-9,12,19-20,28H,10-11H2,1-3H3,(H,26,29)/t19-,20-/m1/s1. The minimum Gasteiger partial charge on any atom is -0.380 e. The zero-order valence-corrected chi connectivity index (χ0v) is 17.6. The summed E-state index contributed by atoms with van der Waals surface area (Å²) in [5, 5.41) is 21.4. The van der Waals surface area contributed by atoms with E-state index < -0.39 is 29.8 Å². The van der Waals surface area contributed by atoms with E-state index in [1.807, 2.05) is 24.3 Å². The van der Waals surface area contributed by atoms with Gasteiger partial charge in [-0.15, -0.1) is 0 Å². The second-order valence-electron chi connectivity index (χ2n) is 8.32. The molecule has 8 heteroatoms. The second kappa shape index (κ2) is 8.84. The van der Waals surface area contributed by atoms with Gasteiger partial charge in [-0.2, -0.15) is 5.26 Å². The molecule has 0 aliphatic carbocycles. The van der Waals surface area contributed by atoms with Crippen LogP contribution in [0.3, 0.4) is 0 Å². The Morgan fingerprint density at radius 1 is 1.29 bits per heavy atom. The van der Waals surface area contributed by atoms with Crippen LogP contribution in [-0.2, 0) is 19.7 Å². The second-order valence-corrected chi connectivity index (χ2v) is 8.32. The third-order valence-electron chi connectivity index (χ3n) is 5.08. The zero-order chi connectivity index (χ0) is 22.8. The molecule has 0 radical (unpaired) electrons. The molecule has 0 spiro atoms. The molecule has 7 nitrogen and oxygen atoms in total. The number of ether oxygens (including phenoxy) is 1. The van der Waals surface area contributed by atoms with E-state index in [0.29, 0.717) is 5.69 Å². The van der Waals surface area contributed by atoms with Crippen molar-refractivity contribution in [2.24, 2.45) is 0 Å². The van der Waals surface area contributed by atoms with E-state index in [4.69, 9.17) is 10.00 Å². The molecule has 1 heterocycles. The Hall–Kier alpha value is -3.28. The summed E-state index contributed by atoms with van der Waals surface area (Å²) in [5.74, 6) is -2.36. The average Bonchev–Trinajstić information content (AvgIpc) is 2.74. The fraction of sp³-hybridized carbons (Fsp3) is 0.348. The van der Waals surface area contributed by atoms with Gasteiger partial charge in [0.2, 0.25) is 0 Å². The predicted octanol–water partition coefficient (Wildman–Crippen LogP) is 2.73. The Balaban J connectivity index is 1.73. The topological polar surface area (TPSA) is 103 Å². The van der Waals surface area contributed by atoms with E-state index in [0.717, 1.165) is 11.6 Å². The molecule has 2 N–H and O–H groups in total. The number of hydrogen-bond acceptors (Lipinski definition) is 5. The molecule has 1 saturated heterocycles. The number of morpholine rings is 1. The molecule has 0 bridgehead atoms. The van der Waals surface area contributed by atoms with Gasteiger partial charge >= 0.3 is 0 Å². The molecule has 2 aromatic carbocycles. The van der Waals surface area contributed by atoms with Gasteiger partial charge < -0.3 is 20.1 Å². The van der Waals surface area contributed by atoms with E-state index in [1.165, 1.54) is 17.0 Å². The molecule has 0 unspecified atom stereocenters. The largest absolute Gasteiger partial charge is 0.380 e. The van der Waals surface area contributed by atoms with Crippen molar-refractivity contribution < 1.29 is 23.8 Å². The minimum atomic E-state index is -1.83. The van der Waals surface area contributed by atoms with Gasteiger partial charge in [0, 0.05) is 12.2 Å². The maximum Gasteiger partial charge on any atom is 0.259 e. The summed E-state index contributed by atoms with van der Waals surface area (Å²) >= 11 is 0. The van der Waals surface area contributed by atoms with Crippen molar-refractivity contribution in [2.75, 3.05) is 23.4 Å². The average molecular weight is 425 g/mol. The highest BCUT2D eigenvalue weighted by atomic mass is 19.1. The van der Waals surface area contributed by atoms with Crippen LogP contribution in [0.15, 0.2) is 42.5 Å². The Labute approximate surface area is 180 Å². The summed E-state index contributed by atoms with van der Waals surface area (Å²) in [5.41, 5.74) is 1.59. The summed E-state index contributed by atoms with van der Waals surface area (Å²) in [6.07, 6.45) is -3.25. The molecule has 0 aromatic heterocycles. The van der Waals surface area contributed by atoms with E-state index >= 15 is 0 Å². The molecular formula is C23H24FN3O4. The number of nitrogens with zero attached hydrogens (tertiary/aromatic N) is 2. The number of nitriles is 1. The van der Waals surface area contributed by atoms with Gasteiger partial charge in [0.05, 0.1) is 23.9 Å². The maximum absolute atomic E-state index is 14.0. The first kappa shape index (κ1) is 22.4. The molecule has 2 atom stereocenters. The Morgan fingerprint density at radius 2 is 1.97 bits per heavy atom. The lowest BCUT2D eigenvalue weighted by Gasteiger charge is -2.34. The molecule has 31 heavy (non-hydrogen) atoms. The molecule has 1 aliphatic rings. The van der Waals surface area contributed by atoms with Crippen LogP contribution in [0, 0.1) is 17.1 Å². The van der Waals surface area contributed by atoms with Crippen molar-refractivity contribution in [1.29, 1.82) is 5.26 Å². The Morgan fingerprint density at radius 3 is 2.55 bits per heavy atom. The van der Waals surface area contributed by atoms with Crippen molar-refractivity contribution in [3.05, 3.63) is 59.4 Å². The van der Waals surface area contributed by atoms with Gasteiger partial charge in [0.25, 0.3) is 11.8 Å². The Kier molecular flexibility index (Phi) is 6.39. The highest BCUT2D eigenvalue weighted by molar-refractivity contribution is 6.03. The zero-order valence-electron chi connectivity index (χ0n) is 17.6. The number of halogens is 1. The smallest absolute Gasteiger partial charge is 0.259 e. The lowest BCUT2D eigenvalue weighted by Crippen LogP contribution is -2.55. The number of aliphatic hydroxyl groups is 1. The van der Waals surface area contributed by atoms with Crippen molar-refractivity contribution in [3.63, 3.8) is 0 Å². The molecule has 3 rings (SSSR count). The maximum atomic E-state index is 14.0. The van der Waals surface area contributed by atoms with Gasteiger partial charge in [0.15, 0.2) is 12.2 Å². The summed E-state index contributed by atoms with van der Waals surface area (Å²) in [7, 11) is 0. The number of aliphatic hydroxyl groups excluding tert-OH is 1. The number of nitrogens with one attached hydrogen (secondary N) is 1. The summed E-state index contributed by atoms with van der Waals surface area (Å²) in [4.78, 5) is 26.8. The Bertz CT molecular complexity index is 1020. The van der Waals surface area contributed by atoms with Gasteiger partial charge in [0.1, 0.15) is 5.82 Å². The van der Waals surface area contributed by atoms with E-state index in [2.05, 4.69) is 26.1 Å². The van der Waals surface area contributed by atoms with Crippen LogP contribution in [0.5, 0.6) is 0 Å². The fourth-order valence-electron chi connectivity index (χ4n) is 3.26. The first-order valence-electron chi connectivity index (χ1n) is 9.84. The van der Waals surface area contributed by atoms with Crippen molar-refractivity contribution >= 4 is 23.2 Å². The van der Waals surface area contributed by atoms with Crippen LogP contribution in [0.25, 0.3) is 0 Å². The highest BCUT2D eigenvalue weighted by Gasteiger charge is 2.39. The van der Waals surface area contributed by atoms with E-state index in [9.17, 15) is 19.1 Å². The van der Waals surface area contributed by atoms with Crippen LogP contribution in [0.4, 0.5) is 15.8 Å². The molecule has 2 aromatic rings. The van der Waals surface area contributed by atoms with Gasteiger partial charge in [-0.1, -0.05) is 32.9 Å². The predicted molar refractivity (Wildman–Crippen MR) is 113 cm³/mol. The van der Waals surface area contributed by atoms with Crippen LogP contribution in [0.2, 0.25) is 0 Å². The molecule has 1 aliphatic heterocycles. The molecular weight excluding hydrogens is 401 g/mol. The first-order chi connectivity index (χ1) is 14.6. The lowest BCUT2D eigenvalue weighted by atomic mass is 9.87. The van der Waals surface area contributed by atoms with Gasteiger partial charge in [-0.05, 0) is 41.3 Å². The molecule has 0 saturated carbocycles. The lowest BCUT2D eigenvalue weighted by molar-refractivity contribution is -0.150. The quantitative estimate of drug-likeness (QED) is 0.784. The summed E-state index contributed by atoms with van der Waals surface area (Å²) < 4.78 is 19.4. The first-order valence-corrected chi connectivity index (χ1v) is 9.84. The van der Waals surface area contributed by atoms with Gasteiger partial charge in [-0.25, -0.2) is 4.39 Å². The fourth-order valence-corrected chi connectivity index (χ4v) is 3.26. The van der Waals surface area contributed by atoms with Crippen molar-refractivity contribution in [3.8, 4) is 6.07 Å². The van der Waals surface area contributed by atoms with Gasteiger partial charge in [-0.3, -0.25) is 9.59 Å².